The number of rotatable bonds is 3. The average molecular weight is 286 g/mol. The van der Waals surface area contributed by atoms with Crippen molar-refractivity contribution in [1.29, 1.82) is 0 Å². The van der Waals surface area contributed by atoms with Crippen molar-refractivity contribution >= 4 is 17.5 Å². The third kappa shape index (κ3) is 2.43. The van der Waals surface area contributed by atoms with Crippen molar-refractivity contribution in [3.8, 4) is 0 Å². The van der Waals surface area contributed by atoms with Crippen molar-refractivity contribution in [2.24, 2.45) is 5.41 Å². The maximum absolute atomic E-state index is 12.7. The molecule has 4 heteroatoms. The molecule has 2 aliphatic heterocycles. The van der Waals surface area contributed by atoms with E-state index >= 15 is 0 Å². The van der Waals surface area contributed by atoms with Gasteiger partial charge >= 0.3 is 0 Å². The molecule has 1 saturated heterocycles. The fourth-order valence-corrected chi connectivity index (χ4v) is 3.47. The first-order valence-electron chi connectivity index (χ1n) is 7.79. The summed E-state index contributed by atoms with van der Waals surface area (Å²) in [7, 11) is 0. The van der Waals surface area contributed by atoms with Crippen LogP contribution in [0.1, 0.15) is 49.0 Å². The molecule has 0 bridgehead atoms. The number of fused-ring (bicyclic) bond motifs is 1. The fraction of sp³-hybridized carbons (Fsp3) is 0.529. The molecule has 1 aromatic rings. The van der Waals surface area contributed by atoms with Gasteiger partial charge in [-0.2, -0.15) is 0 Å². The number of benzene rings is 1. The highest BCUT2D eigenvalue weighted by Crippen LogP contribution is 2.37. The van der Waals surface area contributed by atoms with Gasteiger partial charge in [0.1, 0.15) is 0 Å². The number of amides is 2. The molecule has 2 heterocycles. The Labute approximate surface area is 125 Å². The third-order valence-corrected chi connectivity index (χ3v) is 5.21. The third-order valence-electron chi connectivity index (χ3n) is 5.21. The monoisotopic (exact) mass is 286 g/mol. The van der Waals surface area contributed by atoms with Crippen molar-refractivity contribution in [2.45, 2.75) is 39.5 Å². The van der Waals surface area contributed by atoms with E-state index in [1.807, 2.05) is 23.1 Å². The quantitative estimate of drug-likeness (QED) is 0.929. The Morgan fingerprint density at radius 1 is 1.33 bits per heavy atom. The van der Waals surface area contributed by atoms with Gasteiger partial charge in [-0.25, -0.2) is 0 Å². The van der Waals surface area contributed by atoms with E-state index in [9.17, 15) is 9.59 Å². The summed E-state index contributed by atoms with van der Waals surface area (Å²) in [6.07, 6.45) is 3.75. The lowest BCUT2D eigenvalue weighted by Crippen LogP contribution is -2.31. The molecule has 1 N–H and O–H groups in total. The topological polar surface area (TPSA) is 49.4 Å². The molecule has 21 heavy (non-hydrogen) atoms. The Kier molecular flexibility index (Phi) is 3.47. The number of likely N-dealkylation sites (tertiary alicyclic amines) is 1. The second kappa shape index (κ2) is 5.17. The Morgan fingerprint density at radius 2 is 2.10 bits per heavy atom. The highest BCUT2D eigenvalue weighted by molar-refractivity contribution is 6.02. The van der Waals surface area contributed by atoms with Crippen molar-refractivity contribution in [2.75, 3.05) is 18.4 Å². The molecule has 2 amide bonds. The fourth-order valence-electron chi connectivity index (χ4n) is 3.47. The molecule has 0 saturated carbocycles. The average Bonchev–Trinajstić information content (AvgIpc) is 3.08. The molecule has 0 atom stereocenters. The largest absolute Gasteiger partial charge is 0.338 e. The van der Waals surface area contributed by atoms with E-state index in [-0.39, 0.29) is 11.8 Å². The van der Waals surface area contributed by atoms with Gasteiger partial charge in [0.15, 0.2) is 0 Å². The van der Waals surface area contributed by atoms with Gasteiger partial charge in [0, 0.05) is 24.3 Å². The number of anilines is 1. The van der Waals surface area contributed by atoms with Crippen LogP contribution in [-0.2, 0) is 11.2 Å². The lowest BCUT2D eigenvalue weighted by atomic mass is 9.82. The van der Waals surface area contributed by atoms with Gasteiger partial charge in [-0.1, -0.05) is 19.9 Å². The number of hydrogen-bond donors (Lipinski definition) is 1. The van der Waals surface area contributed by atoms with Crippen LogP contribution >= 0.6 is 0 Å². The van der Waals surface area contributed by atoms with E-state index in [1.165, 1.54) is 0 Å². The van der Waals surface area contributed by atoms with Crippen molar-refractivity contribution in [3.63, 3.8) is 0 Å². The summed E-state index contributed by atoms with van der Waals surface area (Å²) in [5.41, 5.74) is 2.75. The summed E-state index contributed by atoms with van der Waals surface area (Å²) in [4.78, 5) is 26.0. The maximum atomic E-state index is 12.7. The second-order valence-electron chi connectivity index (χ2n) is 6.28. The summed E-state index contributed by atoms with van der Waals surface area (Å²) in [6, 6.07) is 5.56. The smallest absolute Gasteiger partial charge is 0.253 e. The molecule has 0 aromatic heterocycles. The summed E-state index contributed by atoms with van der Waals surface area (Å²) >= 11 is 0. The van der Waals surface area contributed by atoms with E-state index in [4.69, 9.17) is 0 Å². The molecule has 2 aliphatic rings. The number of nitrogens with zero attached hydrogens (tertiary/aromatic N) is 1. The summed E-state index contributed by atoms with van der Waals surface area (Å²) in [6.45, 7) is 6.11. The Balaban J connectivity index is 1.78. The maximum Gasteiger partial charge on any atom is 0.253 e. The first kappa shape index (κ1) is 14.1. The minimum absolute atomic E-state index is 0.00625. The van der Waals surface area contributed by atoms with Gasteiger partial charge in [-0.05, 0) is 42.4 Å². The number of nitrogens with one attached hydrogen (secondary N) is 1. The molecule has 3 rings (SSSR count). The molecule has 0 aliphatic carbocycles. The van der Waals surface area contributed by atoms with E-state index < -0.39 is 0 Å². The molecular formula is C17H22N2O2. The molecule has 1 fully saturated rings. The lowest BCUT2D eigenvalue weighted by molar-refractivity contribution is -0.115. The van der Waals surface area contributed by atoms with Crippen molar-refractivity contribution < 1.29 is 9.59 Å². The molecule has 0 unspecified atom stereocenters. The van der Waals surface area contributed by atoms with Gasteiger partial charge < -0.3 is 10.2 Å². The summed E-state index contributed by atoms with van der Waals surface area (Å²) < 4.78 is 0. The van der Waals surface area contributed by atoms with Crippen LogP contribution in [0.15, 0.2) is 18.2 Å². The van der Waals surface area contributed by atoms with Gasteiger partial charge in [0.05, 0.1) is 6.42 Å². The number of carbonyl (C=O) groups excluding carboxylic acids is 2. The zero-order chi connectivity index (χ0) is 15.0. The SMILES string of the molecule is CCC1(CC)CCN(C(=O)c2ccc3c(c2)NC(=O)C3)C1. The van der Waals surface area contributed by atoms with Crippen LogP contribution in [0.2, 0.25) is 0 Å². The normalized spacial score (nSPS) is 19.5. The van der Waals surface area contributed by atoms with Crippen LogP contribution in [0.3, 0.4) is 0 Å². The van der Waals surface area contributed by atoms with Crippen LogP contribution in [-0.4, -0.2) is 29.8 Å². The molecule has 0 spiro atoms. The predicted octanol–water partition coefficient (Wildman–Crippen LogP) is 2.83. The molecular weight excluding hydrogens is 264 g/mol. The van der Waals surface area contributed by atoms with E-state index in [1.54, 1.807) is 0 Å². The minimum Gasteiger partial charge on any atom is -0.338 e. The van der Waals surface area contributed by atoms with Crippen molar-refractivity contribution in [1.82, 2.24) is 4.90 Å². The van der Waals surface area contributed by atoms with Crippen LogP contribution in [0, 0.1) is 5.41 Å². The van der Waals surface area contributed by atoms with Crippen LogP contribution < -0.4 is 5.32 Å². The second-order valence-corrected chi connectivity index (χ2v) is 6.28. The summed E-state index contributed by atoms with van der Waals surface area (Å²) in [5, 5.41) is 2.81. The van der Waals surface area contributed by atoms with Gasteiger partial charge in [0.25, 0.3) is 5.91 Å². The number of hydrogen-bond acceptors (Lipinski definition) is 2. The first-order valence-corrected chi connectivity index (χ1v) is 7.79. The van der Waals surface area contributed by atoms with Gasteiger partial charge in [-0.3, -0.25) is 9.59 Å². The Morgan fingerprint density at radius 3 is 2.76 bits per heavy atom. The van der Waals surface area contributed by atoms with Crippen LogP contribution in [0.5, 0.6) is 0 Å². The van der Waals surface area contributed by atoms with Crippen LogP contribution in [0.4, 0.5) is 5.69 Å². The molecule has 4 nitrogen and oxygen atoms in total. The molecule has 0 radical (unpaired) electrons. The van der Waals surface area contributed by atoms with Crippen molar-refractivity contribution in [3.05, 3.63) is 29.3 Å². The first-order chi connectivity index (χ1) is 10.1. The summed E-state index contributed by atoms with van der Waals surface area (Å²) in [5.74, 6) is 0.0921. The molecule has 112 valence electrons. The number of carbonyl (C=O) groups is 2. The lowest BCUT2D eigenvalue weighted by Gasteiger charge is -2.26. The zero-order valence-electron chi connectivity index (χ0n) is 12.7. The van der Waals surface area contributed by atoms with E-state index in [2.05, 4.69) is 19.2 Å². The van der Waals surface area contributed by atoms with E-state index in [0.717, 1.165) is 43.6 Å². The highest BCUT2D eigenvalue weighted by Gasteiger charge is 2.37. The van der Waals surface area contributed by atoms with E-state index in [0.29, 0.717) is 17.4 Å². The van der Waals surface area contributed by atoms with Crippen LogP contribution in [0.25, 0.3) is 0 Å². The molecule has 1 aromatic carbocycles. The minimum atomic E-state index is 0.00625. The Hall–Kier alpha value is -1.84. The highest BCUT2D eigenvalue weighted by atomic mass is 16.2. The van der Waals surface area contributed by atoms with Gasteiger partial charge in [0.2, 0.25) is 5.91 Å². The Bertz CT molecular complexity index is 590. The zero-order valence-corrected chi connectivity index (χ0v) is 12.7. The predicted molar refractivity (Wildman–Crippen MR) is 82.3 cm³/mol. The van der Waals surface area contributed by atoms with Gasteiger partial charge in [-0.15, -0.1) is 0 Å². The standard InChI is InChI=1S/C17H22N2O2/c1-3-17(4-2)7-8-19(11-17)16(21)13-6-5-12-10-15(20)18-14(12)9-13/h5-6,9H,3-4,7-8,10-11H2,1-2H3,(H,18,20).